The van der Waals surface area contributed by atoms with Crippen LogP contribution in [0.2, 0.25) is 0 Å². The van der Waals surface area contributed by atoms with Gasteiger partial charge >= 0.3 is 11.9 Å². The van der Waals surface area contributed by atoms with Gasteiger partial charge in [0.05, 0.1) is 19.4 Å². The van der Waals surface area contributed by atoms with E-state index in [1.165, 1.54) is 7.11 Å². The zero-order valence-electron chi connectivity index (χ0n) is 12.9. The van der Waals surface area contributed by atoms with Crippen molar-refractivity contribution in [2.75, 3.05) is 20.0 Å². The van der Waals surface area contributed by atoms with Crippen LogP contribution in [0.25, 0.3) is 0 Å². The number of hydrogen-bond acceptors (Lipinski definition) is 6. The first-order chi connectivity index (χ1) is 10.8. The minimum Gasteiger partial charge on any atom is -0.466 e. The third-order valence-corrected chi connectivity index (χ3v) is 3.45. The van der Waals surface area contributed by atoms with Crippen LogP contribution in [0.5, 0.6) is 0 Å². The van der Waals surface area contributed by atoms with Gasteiger partial charge in [-0.3, -0.25) is 0 Å². The van der Waals surface area contributed by atoms with Crippen LogP contribution in [-0.2, 0) is 35.5 Å². The molecule has 23 heavy (non-hydrogen) atoms. The van der Waals surface area contributed by atoms with Crippen molar-refractivity contribution in [3.8, 4) is 0 Å². The van der Waals surface area contributed by atoms with Crippen LogP contribution in [-0.4, -0.2) is 46.4 Å². The van der Waals surface area contributed by atoms with Gasteiger partial charge in [-0.1, -0.05) is 30.3 Å². The van der Waals surface area contributed by atoms with Crippen molar-refractivity contribution < 1.29 is 27.5 Å². The number of carbonyl (C=O) groups excluding carboxylic acids is 2. The largest absolute Gasteiger partial charge is 0.466 e. The Balaban J connectivity index is 2.64. The minimum absolute atomic E-state index is 0.160. The molecule has 0 saturated heterocycles. The van der Waals surface area contributed by atoms with Crippen molar-refractivity contribution in [2.24, 2.45) is 0 Å². The molecule has 1 N–H and O–H groups in total. The topological polar surface area (TPSA) is 98.8 Å². The monoisotopic (exact) mass is 341 g/mol. The van der Waals surface area contributed by atoms with E-state index in [0.29, 0.717) is 6.42 Å². The first-order valence-corrected chi connectivity index (χ1v) is 8.63. The third kappa shape index (κ3) is 8.74. The predicted molar refractivity (Wildman–Crippen MR) is 84.0 cm³/mol. The molecule has 0 aliphatic carbocycles. The second-order valence-electron chi connectivity index (χ2n) is 4.76. The second kappa shape index (κ2) is 9.06. The number of benzene rings is 1. The molecule has 1 aromatic rings. The van der Waals surface area contributed by atoms with E-state index in [1.54, 1.807) is 0 Å². The Morgan fingerprint density at radius 1 is 1.17 bits per heavy atom. The van der Waals surface area contributed by atoms with E-state index in [-0.39, 0.29) is 6.61 Å². The summed E-state index contributed by atoms with van der Waals surface area (Å²) < 4.78 is 34.5. The van der Waals surface area contributed by atoms with E-state index in [9.17, 15) is 18.0 Å². The van der Waals surface area contributed by atoms with Crippen LogP contribution in [0.4, 0.5) is 0 Å². The number of methoxy groups -OCH3 is 1. The van der Waals surface area contributed by atoms with Gasteiger partial charge in [-0.2, -0.15) is 0 Å². The SMILES string of the molecule is COC(=O)C=CC(=O)OCC(Cc1ccccc1)NS(C)(=O)=O. The molecule has 1 unspecified atom stereocenters. The maximum absolute atomic E-state index is 11.5. The highest BCUT2D eigenvalue weighted by molar-refractivity contribution is 7.88. The zero-order valence-corrected chi connectivity index (χ0v) is 13.7. The molecule has 0 aliphatic heterocycles. The molecule has 8 heteroatoms. The molecule has 1 atom stereocenters. The maximum Gasteiger partial charge on any atom is 0.331 e. The van der Waals surface area contributed by atoms with Gasteiger partial charge < -0.3 is 9.47 Å². The summed E-state index contributed by atoms with van der Waals surface area (Å²) in [4.78, 5) is 22.4. The summed E-state index contributed by atoms with van der Waals surface area (Å²) in [6.45, 7) is -0.160. The smallest absolute Gasteiger partial charge is 0.331 e. The number of ether oxygens (including phenoxy) is 2. The van der Waals surface area contributed by atoms with E-state index < -0.39 is 28.0 Å². The summed E-state index contributed by atoms with van der Waals surface area (Å²) in [6, 6.07) is 8.59. The van der Waals surface area contributed by atoms with Gasteiger partial charge in [-0.05, 0) is 12.0 Å². The molecule has 0 spiro atoms. The summed E-state index contributed by atoms with van der Waals surface area (Å²) in [5.41, 5.74) is 0.898. The van der Waals surface area contributed by atoms with Gasteiger partial charge in [-0.25, -0.2) is 22.7 Å². The van der Waals surface area contributed by atoms with Crippen molar-refractivity contribution in [3.63, 3.8) is 0 Å². The standard InChI is InChI=1S/C15H19NO6S/c1-21-14(17)8-9-15(18)22-11-13(16-23(2,19)20)10-12-6-4-3-5-7-12/h3-9,13,16H,10-11H2,1-2H3. The van der Waals surface area contributed by atoms with Crippen molar-refractivity contribution in [3.05, 3.63) is 48.0 Å². The fraction of sp³-hybridized carbons (Fsp3) is 0.333. The quantitative estimate of drug-likeness (QED) is 0.543. The first-order valence-electron chi connectivity index (χ1n) is 6.74. The van der Waals surface area contributed by atoms with Gasteiger partial charge in [0.15, 0.2) is 0 Å². The third-order valence-electron chi connectivity index (χ3n) is 2.69. The summed E-state index contributed by atoms with van der Waals surface area (Å²) in [7, 11) is -2.27. The lowest BCUT2D eigenvalue weighted by Gasteiger charge is -2.17. The minimum atomic E-state index is -3.45. The Morgan fingerprint density at radius 2 is 1.78 bits per heavy atom. The van der Waals surface area contributed by atoms with Crippen LogP contribution >= 0.6 is 0 Å². The van der Waals surface area contributed by atoms with E-state index in [4.69, 9.17) is 4.74 Å². The molecule has 0 bridgehead atoms. The number of hydrogen-bond donors (Lipinski definition) is 1. The van der Waals surface area contributed by atoms with Crippen molar-refractivity contribution in [2.45, 2.75) is 12.5 Å². The molecule has 0 fully saturated rings. The van der Waals surface area contributed by atoms with Crippen LogP contribution in [0.3, 0.4) is 0 Å². The molecule has 7 nitrogen and oxygen atoms in total. The van der Waals surface area contributed by atoms with Gasteiger partial charge in [-0.15, -0.1) is 0 Å². The summed E-state index contributed by atoms with van der Waals surface area (Å²) in [6.07, 6.45) is 3.25. The van der Waals surface area contributed by atoms with Gasteiger partial charge in [0.2, 0.25) is 10.0 Å². The van der Waals surface area contributed by atoms with Crippen molar-refractivity contribution in [1.29, 1.82) is 0 Å². The predicted octanol–water partition coefficient (Wildman–Crippen LogP) is 0.419. The number of nitrogens with one attached hydrogen (secondary N) is 1. The molecule has 0 amide bonds. The second-order valence-corrected chi connectivity index (χ2v) is 6.54. The van der Waals surface area contributed by atoms with Crippen molar-refractivity contribution in [1.82, 2.24) is 4.72 Å². The van der Waals surface area contributed by atoms with E-state index >= 15 is 0 Å². The van der Waals surface area contributed by atoms with Gasteiger partial charge in [0, 0.05) is 12.2 Å². The molecule has 1 rings (SSSR count). The van der Waals surface area contributed by atoms with Gasteiger partial charge in [0.1, 0.15) is 6.61 Å². The van der Waals surface area contributed by atoms with Crippen molar-refractivity contribution >= 4 is 22.0 Å². The number of carbonyl (C=O) groups is 2. The first kappa shape index (κ1) is 18.9. The van der Waals surface area contributed by atoms with E-state index in [1.807, 2.05) is 30.3 Å². The Kier molecular flexibility index (Phi) is 7.43. The number of rotatable bonds is 8. The van der Waals surface area contributed by atoms with Crippen LogP contribution in [0.1, 0.15) is 5.56 Å². The Hall–Kier alpha value is -2.19. The highest BCUT2D eigenvalue weighted by atomic mass is 32.2. The summed E-state index contributed by atoms with van der Waals surface area (Å²) in [5, 5.41) is 0. The molecule has 0 aromatic heterocycles. The Morgan fingerprint density at radius 3 is 2.35 bits per heavy atom. The lowest BCUT2D eigenvalue weighted by atomic mass is 10.1. The average Bonchev–Trinajstić information content (AvgIpc) is 2.49. The fourth-order valence-electron chi connectivity index (χ4n) is 1.77. The molecule has 0 aliphatic rings. The van der Waals surface area contributed by atoms with Crippen LogP contribution in [0, 0.1) is 0 Å². The molecule has 0 heterocycles. The highest BCUT2D eigenvalue weighted by Gasteiger charge is 2.16. The molecule has 1 aromatic carbocycles. The average molecular weight is 341 g/mol. The maximum atomic E-state index is 11.5. The molecule has 126 valence electrons. The summed E-state index contributed by atoms with van der Waals surface area (Å²) >= 11 is 0. The number of sulfonamides is 1. The summed E-state index contributed by atoms with van der Waals surface area (Å²) in [5.74, 6) is -1.44. The molecular formula is C15H19NO6S. The molecular weight excluding hydrogens is 322 g/mol. The normalized spacial score (nSPS) is 12.8. The fourth-order valence-corrected chi connectivity index (χ4v) is 2.53. The Labute approximate surface area is 135 Å². The number of esters is 2. The van der Waals surface area contributed by atoms with E-state index in [0.717, 1.165) is 24.0 Å². The zero-order chi connectivity index (χ0) is 17.3. The lowest BCUT2D eigenvalue weighted by Crippen LogP contribution is -2.39. The van der Waals surface area contributed by atoms with Gasteiger partial charge in [0.25, 0.3) is 0 Å². The van der Waals surface area contributed by atoms with Crippen LogP contribution in [0.15, 0.2) is 42.5 Å². The lowest BCUT2D eigenvalue weighted by molar-refractivity contribution is -0.139. The molecule has 0 saturated carbocycles. The molecule has 0 radical (unpaired) electrons. The van der Waals surface area contributed by atoms with E-state index in [2.05, 4.69) is 9.46 Å². The Bertz CT molecular complexity index is 654. The van der Waals surface area contributed by atoms with Crippen LogP contribution < -0.4 is 4.72 Å². The highest BCUT2D eigenvalue weighted by Crippen LogP contribution is 2.05.